The Hall–Kier alpha value is -0.540. The molecular weight excluding hydrogens is 290 g/mol. The van der Waals surface area contributed by atoms with Gasteiger partial charge in [-0.25, -0.2) is 0 Å². The molecule has 1 aromatic carbocycles. The lowest BCUT2D eigenvalue weighted by Gasteiger charge is -2.31. The Kier molecular flexibility index (Phi) is 5.07. The van der Waals surface area contributed by atoms with Crippen molar-refractivity contribution in [3.8, 4) is 5.75 Å². The first-order valence-electron chi connectivity index (χ1n) is 6.91. The number of benzene rings is 1. The molecule has 1 atom stereocenters. The van der Waals surface area contributed by atoms with Gasteiger partial charge in [0.2, 0.25) is 0 Å². The van der Waals surface area contributed by atoms with Gasteiger partial charge >= 0.3 is 0 Å². The number of hydrogen-bond acceptors (Lipinski definition) is 2. The summed E-state index contributed by atoms with van der Waals surface area (Å²) in [5, 5.41) is 10.0. The van der Waals surface area contributed by atoms with Gasteiger partial charge in [0, 0.05) is 16.1 Å². The van der Waals surface area contributed by atoms with Crippen LogP contribution in [-0.2, 0) is 0 Å². The third-order valence-electron chi connectivity index (χ3n) is 3.88. The maximum absolute atomic E-state index is 10.0. The van der Waals surface area contributed by atoms with E-state index in [-0.39, 0.29) is 0 Å². The number of rotatable bonds is 2. The number of nitrogens with zero attached hydrogens (tertiary/aromatic N) is 1. The van der Waals surface area contributed by atoms with Gasteiger partial charge in [-0.2, -0.15) is 0 Å². The van der Waals surface area contributed by atoms with Gasteiger partial charge in [-0.15, -0.1) is 0 Å². The van der Waals surface area contributed by atoms with Crippen LogP contribution in [0.15, 0.2) is 22.7 Å². The molecule has 1 saturated heterocycles. The fraction of sp³-hybridized carbons (Fsp3) is 0.600. The van der Waals surface area contributed by atoms with Crippen molar-refractivity contribution in [1.29, 1.82) is 0 Å². The van der Waals surface area contributed by atoms with Gasteiger partial charge in [0.1, 0.15) is 5.75 Å². The van der Waals surface area contributed by atoms with E-state index in [0.717, 1.165) is 23.1 Å². The van der Waals surface area contributed by atoms with E-state index >= 15 is 0 Å². The molecule has 1 fully saturated rings. The monoisotopic (exact) mass is 311 g/mol. The zero-order valence-electron chi connectivity index (χ0n) is 11.0. The van der Waals surface area contributed by atoms with E-state index in [1.54, 1.807) is 6.07 Å². The molecule has 0 spiro atoms. The summed E-state index contributed by atoms with van der Waals surface area (Å²) in [5.74, 6) is 0.410. The highest BCUT2D eigenvalue weighted by Crippen LogP contribution is 2.31. The minimum absolute atomic E-state index is 0.292. The summed E-state index contributed by atoms with van der Waals surface area (Å²) in [6.45, 7) is 4.49. The smallest absolute Gasteiger partial charge is 0.120 e. The Labute approximate surface area is 118 Å². The number of likely N-dealkylation sites (tertiary alicyclic amines) is 1. The van der Waals surface area contributed by atoms with Crippen LogP contribution >= 0.6 is 15.9 Å². The first-order chi connectivity index (χ1) is 8.68. The third-order valence-corrected chi connectivity index (χ3v) is 4.37. The van der Waals surface area contributed by atoms with Crippen LogP contribution in [0.2, 0.25) is 0 Å². The molecule has 1 aliphatic heterocycles. The second-order valence-corrected chi connectivity index (χ2v) is 6.10. The predicted molar refractivity (Wildman–Crippen MR) is 78.9 cm³/mol. The molecule has 1 N–H and O–H groups in total. The van der Waals surface area contributed by atoms with Gasteiger partial charge in [0.15, 0.2) is 0 Å². The Morgan fingerprint density at radius 2 is 1.72 bits per heavy atom. The van der Waals surface area contributed by atoms with Crippen molar-refractivity contribution in [3.63, 3.8) is 0 Å². The number of halogens is 1. The van der Waals surface area contributed by atoms with Crippen molar-refractivity contribution in [1.82, 2.24) is 4.90 Å². The summed E-state index contributed by atoms with van der Waals surface area (Å²) >= 11 is 3.49. The first kappa shape index (κ1) is 13.9. The topological polar surface area (TPSA) is 23.5 Å². The first-order valence-corrected chi connectivity index (χ1v) is 7.70. The fourth-order valence-corrected chi connectivity index (χ4v) is 3.09. The standard InChI is InChI=1S/C15H22BrNO/c1-12(14-11-13(16)7-8-15(14)18)17-9-5-3-2-4-6-10-17/h7-8,11-12,18H,2-6,9-10H2,1H3. The van der Waals surface area contributed by atoms with Crippen LogP contribution in [0.5, 0.6) is 5.75 Å². The summed E-state index contributed by atoms with van der Waals surface area (Å²) in [7, 11) is 0. The van der Waals surface area contributed by atoms with Crippen LogP contribution in [0.1, 0.15) is 50.6 Å². The molecule has 0 bridgehead atoms. The zero-order chi connectivity index (χ0) is 13.0. The minimum Gasteiger partial charge on any atom is -0.508 e. The van der Waals surface area contributed by atoms with Gasteiger partial charge in [-0.05, 0) is 51.1 Å². The summed E-state index contributed by atoms with van der Waals surface area (Å²) < 4.78 is 1.04. The molecule has 1 aromatic rings. The summed E-state index contributed by atoms with van der Waals surface area (Å²) in [6.07, 6.45) is 6.62. The highest BCUT2D eigenvalue weighted by molar-refractivity contribution is 9.10. The molecule has 1 aliphatic rings. The highest BCUT2D eigenvalue weighted by atomic mass is 79.9. The molecule has 0 aliphatic carbocycles. The average molecular weight is 312 g/mol. The molecule has 2 rings (SSSR count). The van der Waals surface area contributed by atoms with Gasteiger partial charge in [0.25, 0.3) is 0 Å². The van der Waals surface area contributed by atoms with Crippen LogP contribution in [0, 0.1) is 0 Å². The lowest BCUT2D eigenvalue weighted by molar-refractivity contribution is 0.189. The van der Waals surface area contributed by atoms with E-state index in [1.165, 1.54) is 32.1 Å². The van der Waals surface area contributed by atoms with E-state index in [4.69, 9.17) is 0 Å². The van der Waals surface area contributed by atoms with Crippen molar-refractivity contribution in [2.75, 3.05) is 13.1 Å². The van der Waals surface area contributed by atoms with E-state index in [2.05, 4.69) is 27.8 Å². The third kappa shape index (κ3) is 3.48. The van der Waals surface area contributed by atoms with Crippen molar-refractivity contribution in [2.45, 2.75) is 45.1 Å². The maximum atomic E-state index is 10.0. The van der Waals surface area contributed by atoms with E-state index in [0.29, 0.717) is 11.8 Å². The average Bonchev–Trinajstić information content (AvgIpc) is 2.31. The summed E-state index contributed by atoms with van der Waals surface area (Å²) in [6, 6.07) is 6.00. The second kappa shape index (κ2) is 6.58. The van der Waals surface area contributed by atoms with Crippen LogP contribution in [0.25, 0.3) is 0 Å². The van der Waals surface area contributed by atoms with Crippen molar-refractivity contribution in [3.05, 3.63) is 28.2 Å². The van der Waals surface area contributed by atoms with Crippen LogP contribution in [0.3, 0.4) is 0 Å². The van der Waals surface area contributed by atoms with E-state index in [1.807, 2.05) is 12.1 Å². The van der Waals surface area contributed by atoms with Gasteiger partial charge in [-0.3, -0.25) is 4.90 Å². The molecule has 1 heterocycles. The molecule has 2 nitrogen and oxygen atoms in total. The molecule has 1 unspecified atom stereocenters. The molecular formula is C15H22BrNO. The van der Waals surface area contributed by atoms with Crippen LogP contribution in [0.4, 0.5) is 0 Å². The molecule has 0 radical (unpaired) electrons. The lowest BCUT2D eigenvalue weighted by atomic mass is 10.0. The largest absolute Gasteiger partial charge is 0.508 e. The van der Waals surface area contributed by atoms with Gasteiger partial charge in [-0.1, -0.05) is 35.2 Å². The van der Waals surface area contributed by atoms with Crippen molar-refractivity contribution < 1.29 is 5.11 Å². The molecule has 100 valence electrons. The normalized spacial score (nSPS) is 20.1. The lowest BCUT2D eigenvalue weighted by Crippen LogP contribution is -2.30. The number of aromatic hydroxyl groups is 1. The number of phenolic OH excluding ortho intramolecular Hbond substituents is 1. The SMILES string of the molecule is CC(c1cc(Br)ccc1O)N1CCCCCCC1. The Morgan fingerprint density at radius 3 is 2.39 bits per heavy atom. The van der Waals surface area contributed by atoms with Gasteiger partial charge in [0.05, 0.1) is 0 Å². The minimum atomic E-state index is 0.292. The Bertz CT molecular complexity index is 386. The van der Waals surface area contributed by atoms with E-state index in [9.17, 15) is 5.11 Å². The molecule has 0 amide bonds. The molecule has 0 aromatic heterocycles. The van der Waals surface area contributed by atoms with Crippen LogP contribution < -0.4 is 0 Å². The molecule has 0 saturated carbocycles. The predicted octanol–water partition coefficient (Wildman–Crippen LogP) is 4.48. The highest BCUT2D eigenvalue weighted by Gasteiger charge is 2.19. The molecule has 18 heavy (non-hydrogen) atoms. The summed E-state index contributed by atoms with van der Waals surface area (Å²) in [4.78, 5) is 2.50. The van der Waals surface area contributed by atoms with Crippen molar-refractivity contribution >= 4 is 15.9 Å². The second-order valence-electron chi connectivity index (χ2n) is 5.18. The fourth-order valence-electron chi connectivity index (χ4n) is 2.72. The number of phenols is 1. The van der Waals surface area contributed by atoms with E-state index < -0.39 is 0 Å². The Balaban J connectivity index is 2.12. The maximum Gasteiger partial charge on any atom is 0.120 e. The summed E-state index contributed by atoms with van der Waals surface area (Å²) in [5.41, 5.74) is 1.03. The quantitative estimate of drug-likeness (QED) is 0.870. The number of hydrogen-bond donors (Lipinski definition) is 1. The molecule has 3 heteroatoms. The zero-order valence-corrected chi connectivity index (χ0v) is 12.6. The Morgan fingerprint density at radius 1 is 1.11 bits per heavy atom. The van der Waals surface area contributed by atoms with Gasteiger partial charge < -0.3 is 5.11 Å². The van der Waals surface area contributed by atoms with Crippen LogP contribution in [-0.4, -0.2) is 23.1 Å². The van der Waals surface area contributed by atoms with Crippen molar-refractivity contribution in [2.24, 2.45) is 0 Å².